The summed E-state index contributed by atoms with van der Waals surface area (Å²) in [5.41, 5.74) is 20.4. The van der Waals surface area contributed by atoms with Gasteiger partial charge in [-0.1, -0.05) is 208 Å². The van der Waals surface area contributed by atoms with E-state index in [4.69, 9.17) is 0 Å². The van der Waals surface area contributed by atoms with Gasteiger partial charge in [-0.05, 0) is 126 Å². The van der Waals surface area contributed by atoms with Crippen molar-refractivity contribution in [3.8, 4) is 44.5 Å². The van der Waals surface area contributed by atoms with E-state index in [1.165, 1.54) is 88.7 Å². The molecular weight excluding hydrogens is 759 g/mol. The molecule has 63 heavy (non-hydrogen) atoms. The SMILES string of the molecule is CC1(C)c2ccccc2-c2ccc(N(c3ccc(-c4ccc5ccccc5c4)cc3)c3cc4c(cc3-c3ccccc3)-c3ccccc3C4(c3ccccc3)c3ccccc3)cc21. The predicted octanol–water partition coefficient (Wildman–Crippen LogP) is 16.3. The summed E-state index contributed by atoms with van der Waals surface area (Å²) in [6.45, 7) is 4.75. The van der Waals surface area contributed by atoms with E-state index in [0.717, 1.165) is 17.1 Å². The highest BCUT2D eigenvalue weighted by molar-refractivity contribution is 5.97. The fourth-order valence-corrected chi connectivity index (χ4v) is 10.9. The van der Waals surface area contributed by atoms with Crippen LogP contribution in [0.15, 0.2) is 237 Å². The molecule has 0 atom stereocenters. The summed E-state index contributed by atoms with van der Waals surface area (Å²) in [5.74, 6) is 0. The van der Waals surface area contributed by atoms with Crippen LogP contribution in [0.5, 0.6) is 0 Å². The van der Waals surface area contributed by atoms with E-state index in [-0.39, 0.29) is 5.41 Å². The van der Waals surface area contributed by atoms with Crippen molar-refractivity contribution in [1.82, 2.24) is 0 Å². The molecule has 10 aromatic carbocycles. The monoisotopic (exact) mass is 803 g/mol. The number of benzene rings is 10. The third-order valence-electron chi connectivity index (χ3n) is 13.9. The molecule has 0 heterocycles. The predicted molar refractivity (Wildman–Crippen MR) is 264 cm³/mol. The topological polar surface area (TPSA) is 3.24 Å². The number of hydrogen-bond acceptors (Lipinski definition) is 1. The Hall–Kier alpha value is -7.74. The minimum atomic E-state index is -0.550. The number of nitrogens with zero attached hydrogens (tertiary/aromatic N) is 1. The van der Waals surface area contributed by atoms with Gasteiger partial charge in [-0.25, -0.2) is 0 Å². The van der Waals surface area contributed by atoms with E-state index in [2.05, 4.69) is 255 Å². The Morgan fingerprint density at radius 1 is 0.302 bits per heavy atom. The zero-order valence-electron chi connectivity index (χ0n) is 35.5. The van der Waals surface area contributed by atoms with Crippen LogP contribution in [0.3, 0.4) is 0 Å². The van der Waals surface area contributed by atoms with E-state index in [0.29, 0.717) is 0 Å². The summed E-state index contributed by atoms with van der Waals surface area (Å²) >= 11 is 0. The summed E-state index contributed by atoms with van der Waals surface area (Å²) in [7, 11) is 0. The summed E-state index contributed by atoms with van der Waals surface area (Å²) in [5, 5.41) is 2.49. The number of hydrogen-bond donors (Lipinski definition) is 0. The van der Waals surface area contributed by atoms with Crippen LogP contribution in [0, 0.1) is 0 Å². The van der Waals surface area contributed by atoms with Crippen molar-refractivity contribution >= 4 is 27.8 Å². The van der Waals surface area contributed by atoms with Crippen LogP contribution in [0.1, 0.15) is 47.2 Å². The third kappa shape index (κ3) is 5.70. The Morgan fingerprint density at radius 2 is 0.841 bits per heavy atom. The van der Waals surface area contributed by atoms with Gasteiger partial charge in [0.25, 0.3) is 0 Å². The fraction of sp³-hybridized carbons (Fsp3) is 0.0645. The Labute approximate surface area is 370 Å². The lowest BCUT2D eigenvalue weighted by Crippen LogP contribution is -2.28. The minimum Gasteiger partial charge on any atom is -0.310 e. The Morgan fingerprint density at radius 3 is 1.54 bits per heavy atom. The summed E-state index contributed by atoms with van der Waals surface area (Å²) in [6, 6.07) is 88.0. The van der Waals surface area contributed by atoms with Crippen LogP contribution in [0.25, 0.3) is 55.3 Å². The summed E-state index contributed by atoms with van der Waals surface area (Å²) in [6.07, 6.45) is 0. The van der Waals surface area contributed by atoms with Crippen LogP contribution in [-0.4, -0.2) is 0 Å². The molecule has 0 radical (unpaired) electrons. The van der Waals surface area contributed by atoms with Gasteiger partial charge in [-0.2, -0.15) is 0 Å². The molecule has 0 saturated heterocycles. The first-order valence-corrected chi connectivity index (χ1v) is 22.1. The van der Waals surface area contributed by atoms with Crippen molar-refractivity contribution in [3.63, 3.8) is 0 Å². The molecule has 0 amide bonds. The van der Waals surface area contributed by atoms with E-state index in [1.807, 2.05) is 0 Å². The van der Waals surface area contributed by atoms with Gasteiger partial charge in [0.1, 0.15) is 0 Å². The maximum Gasteiger partial charge on any atom is 0.0714 e. The van der Waals surface area contributed by atoms with Crippen molar-refractivity contribution < 1.29 is 0 Å². The fourth-order valence-electron chi connectivity index (χ4n) is 10.9. The lowest BCUT2D eigenvalue weighted by molar-refractivity contribution is 0.660. The van der Waals surface area contributed by atoms with Gasteiger partial charge in [0.15, 0.2) is 0 Å². The number of rotatable bonds is 7. The van der Waals surface area contributed by atoms with Gasteiger partial charge in [0.2, 0.25) is 0 Å². The Balaban J connectivity index is 1.15. The van der Waals surface area contributed by atoms with Crippen molar-refractivity contribution in [1.29, 1.82) is 0 Å². The Kier molecular flexibility index (Phi) is 8.49. The quantitative estimate of drug-likeness (QED) is 0.155. The summed E-state index contributed by atoms with van der Waals surface area (Å²) in [4.78, 5) is 2.52. The van der Waals surface area contributed by atoms with Gasteiger partial charge in [0.05, 0.1) is 11.1 Å². The van der Waals surface area contributed by atoms with Gasteiger partial charge in [-0.3, -0.25) is 0 Å². The zero-order chi connectivity index (χ0) is 42.1. The molecule has 1 heteroatoms. The molecule has 1 nitrogen and oxygen atoms in total. The molecular formula is C62H45N. The standard InChI is InChI=1S/C62H45N/c1-61(2)56-28-16-14-26-51(56)53-37-36-50(39-58(53)61)63(49-34-32-43(33-35-49)46-31-30-42-18-12-13-21-45(42)38-46)60-41-59-55(40-54(60)44-19-6-3-7-20-44)52-27-15-17-29-57(52)62(59,47-22-8-4-9-23-47)48-24-10-5-11-25-48/h3-41H,1-2H3. The van der Waals surface area contributed by atoms with Crippen molar-refractivity contribution in [2.45, 2.75) is 24.7 Å². The van der Waals surface area contributed by atoms with Crippen LogP contribution in [0.4, 0.5) is 17.1 Å². The first-order valence-electron chi connectivity index (χ1n) is 22.1. The average molecular weight is 804 g/mol. The number of fused-ring (bicyclic) bond motifs is 7. The molecule has 12 rings (SSSR count). The lowest BCUT2D eigenvalue weighted by Gasteiger charge is -2.35. The molecule has 0 aliphatic heterocycles. The first kappa shape index (κ1) is 37.1. The normalized spacial score (nSPS) is 13.8. The third-order valence-corrected chi connectivity index (χ3v) is 13.9. The van der Waals surface area contributed by atoms with Gasteiger partial charge >= 0.3 is 0 Å². The molecule has 0 bridgehead atoms. The van der Waals surface area contributed by atoms with Gasteiger partial charge < -0.3 is 4.90 Å². The molecule has 10 aromatic rings. The highest BCUT2D eigenvalue weighted by Gasteiger charge is 2.47. The smallest absolute Gasteiger partial charge is 0.0714 e. The van der Waals surface area contributed by atoms with Crippen LogP contribution >= 0.6 is 0 Å². The molecule has 0 aromatic heterocycles. The van der Waals surface area contributed by atoms with Crippen molar-refractivity contribution in [2.75, 3.05) is 4.90 Å². The second kappa shape index (κ2) is 14.4. The Bertz CT molecular complexity index is 3310. The van der Waals surface area contributed by atoms with Gasteiger partial charge in [0, 0.05) is 22.4 Å². The lowest BCUT2D eigenvalue weighted by atomic mass is 9.67. The molecule has 298 valence electrons. The number of anilines is 3. The summed E-state index contributed by atoms with van der Waals surface area (Å²) < 4.78 is 0. The molecule has 0 fully saturated rings. The maximum atomic E-state index is 2.53. The van der Waals surface area contributed by atoms with Crippen LogP contribution in [0.2, 0.25) is 0 Å². The van der Waals surface area contributed by atoms with E-state index < -0.39 is 5.41 Å². The highest BCUT2D eigenvalue weighted by atomic mass is 15.1. The van der Waals surface area contributed by atoms with Crippen molar-refractivity contribution in [2.24, 2.45) is 0 Å². The molecule has 2 aliphatic carbocycles. The van der Waals surface area contributed by atoms with E-state index in [9.17, 15) is 0 Å². The maximum absolute atomic E-state index is 2.53. The van der Waals surface area contributed by atoms with E-state index in [1.54, 1.807) is 0 Å². The average Bonchev–Trinajstić information content (AvgIpc) is 3.77. The molecule has 2 aliphatic rings. The van der Waals surface area contributed by atoms with Crippen molar-refractivity contribution in [3.05, 3.63) is 270 Å². The highest BCUT2D eigenvalue weighted by Crippen LogP contribution is 2.59. The minimum absolute atomic E-state index is 0.162. The van der Waals surface area contributed by atoms with Crippen LogP contribution in [-0.2, 0) is 10.8 Å². The van der Waals surface area contributed by atoms with E-state index >= 15 is 0 Å². The molecule has 0 spiro atoms. The van der Waals surface area contributed by atoms with Crippen LogP contribution < -0.4 is 4.90 Å². The largest absolute Gasteiger partial charge is 0.310 e. The molecule has 0 saturated carbocycles. The van der Waals surface area contributed by atoms with Gasteiger partial charge in [-0.15, -0.1) is 0 Å². The second-order valence-corrected chi connectivity index (χ2v) is 17.7. The molecule has 0 unspecified atom stereocenters. The zero-order valence-corrected chi connectivity index (χ0v) is 35.5. The molecule has 0 N–H and O–H groups in total. The second-order valence-electron chi connectivity index (χ2n) is 17.7. The first-order chi connectivity index (χ1) is 31.0.